The van der Waals surface area contributed by atoms with Crippen molar-refractivity contribution in [3.8, 4) is 0 Å². The standard InChI is InChI=1S/C45H73NO18/c1-20(2)29(23(51)15-47)46-41(58)43(6)11-7-10-42(5)27(43)8-12-44-14-21(3)45(19-44,13-9-28(42)44)64-40-37(63-39-35(57)33(55)31(53)25(17-49)60-39)36(32(54)26(18-50)61-40)62-38-34(56)30(52)22(4)24(16-48)59-38/h20,22,24-40,47-50,52-57H,3,7-19H2,1-2,4-6H3,(H,46,58)/t22-,24-,25-,26-,27+,28+,29-,30+,31-,32-,33+,34-,35-,36+,37-,38+,39+,40+,42-,43-,44-,45+/m1/s1. The van der Waals surface area contributed by atoms with Gasteiger partial charge in [-0.15, -0.1) is 0 Å². The van der Waals surface area contributed by atoms with Crippen LogP contribution in [0, 0.1) is 39.9 Å². The molecule has 3 saturated heterocycles. The van der Waals surface area contributed by atoms with Gasteiger partial charge in [-0.2, -0.15) is 0 Å². The molecule has 2 bridgehead atoms. The van der Waals surface area contributed by atoms with Crippen LogP contribution in [0.2, 0.25) is 0 Å². The average Bonchev–Trinajstić information content (AvgIpc) is 3.46. The number of Topliss-reactive ketones (excluding diaryl/α,β-unsaturated/α-hetero) is 1. The molecule has 1 amide bonds. The van der Waals surface area contributed by atoms with Crippen molar-refractivity contribution in [3.63, 3.8) is 0 Å². The smallest absolute Gasteiger partial charge is 0.226 e. The predicted molar refractivity (Wildman–Crippen MR) is 221 cm³/mol. The number of rotatable bonds is 14. The highest BCUT2D eigenvalue weighted by Gasteiger charge is 2.69. The molecular formula is C45H73NO18. The van der Waals surface area contributed by atoms with Crippen LogP contribution in [0.25, 0.3) is 0 Å². The Morgan fingerprint density at radius 3 is 1.94 bits per heavy atom. The molecule has 0 aromatic heterocycles. The molecule has 64 heavy (non-hydrogen) atoms. The lowest BCUT2D eigenvalue weighted by atomic mass is 9.40. The third-order valence-electron chi connectivity index (χ3n) is 16.9. The topological polar surface area (TPSA) is 304 Å². The minimum Gasteiger partial charge on any atom is -0.394 e. The number of carbonyl (C=O) groups is 2. The van der Waals surface area contributed by atoms with E-state index in [0.29, 0.717) is 32.1 Å². The molecule has 19 nitrogen and oxygen atoms in total. The van der Waals surface area contributed by atoms with E-state index >= 15 is 0 Å². The molecule has 0 radical (unpaired) electrons. The molecule has 11 N–H and O–H groups in total. The first kappa shape index (κ1) is 50.1. The number of hydrogen-bond acceptors (Lipinski definition) is 18. The molecule has 3 aliphatic heterocycles. The van der Waals surface area contributed by atoms with Crippen LogP contribution >= 0.6 is 0 Å². The summed E-state index contributed by atoms with van der Waals surface area (Å²) in [4.78, 5) is 27.0. The Balaban J connectivity index is 1.18. The molecule has 0 aromatic carbocycles. The summed E-state index contributed by atoms with van der Waals surface area (Å²) < 4.78 is 37.5. The fourth-order valence-electron chi connectivity index (χ4n) is 13.3. The highest BCUT2D eigenvalue weighted by Crippen LogP contribution is 2.73. The Hall–Kier alpha value is -1.76. The number of aliphatic hydroxyl groups is 10. The SMILES string of the molecule is C=C1C[C@@]23CC[C@H]4[C@@](C)(CCC[C@@]4(C)C(=O)N[C@@H](C(=O)CO)C(C)C)[C@@H]2CC[C@]1(O[C@@H]1O[C@H](CO)[C@@H](O)[C@H](O[C@@H]2O[C@H](CO)[C@@H](C)[C@H](O)[C@H]2O)[C@H]1O[C@@H]1O[C@H](CO)[C@@H](O)[C@H](O)[C@H]1O)C3. The molecule has 4 saturated carbocycles. The molecule has 19 heteroatoms. The first-order chi connectivity index (χ1) is 30.1. The van der Waals surface area contributed by atoms with Gasteiger partial charge >= 0.3 is 0 Å². The fourth-order valence-corrected chi connectivity index (χ4v) is 13.3. The van der Waals surface area contributed by atoms with E-state index in [0.717, 1.165) is 31.3 Å². The zero-order chi connectivity index (χ0) is 46.8. The molecule has 7 fully saturated rings. The Labute approximate surface area is 374 Å². The highest BCUT2D eigenvalue weighted by atomic mass is 16.8. The van der Waals surface area contributed by atoms with Crippen LogP contribution in [0.3, 0.4) is 0 Å². The van der Waals surface area contributed by atoms with Crippen molar-refractivity contribution < 1.29 is 89.1 Å². The third kappa shape index (κ3) is 8.44. The second-order valence-corrected chi connectivity index (χ2v) is 20.9. The van der Waals surface area contributed by atoms with Gasteiger partial charge in [0, 0.05) is 11.3 Å². The van der Waals surface area contributed by atoms with E-state index in [4.69, 9.17) is 28.4 Å². The number of carbonyl (C=O) groups excluding carboxylic acids is 2. The molecule has 3 heterocycles. The van der Waals surface area contributed by atoms with Crippen molar-refractivity contribution in [2.24, 2.45) is 39.9 Å². The molecule has 7 aliphatic rings. The lowest BCUT2D eigenvalue weighted by molar-refractivity contribution is -0.398. The van der Waals surface area contributed by atoms with Gasteiger partial charge in [0.05, 0.1) is 43.7 Å². The van der Waals surface area contributed by atoms with E-state index in [9.17, 15) is 60.7 Å². The summed E-state index contributed by atoms with van der Waals surface area (Å²) in [5.41, 5.74) is -1.61. The average molecular weight is 916 g/mol. The monoisotopic (exact) mass is 915 g/mol. The number of ketones is 1. The predicted octanol–water partition coefficient (Wildman–Crippen LogP) is -1.48. The van der Waals surface area contributed by atoms with Crippen LogP contribution in [0.15, 0.2) is 12.2 Å². The van der Waals surface area contributed by atoms with Gasteiger partial charge < -0.3 is 84.8 Å². The first-order valence-electron chi connectivity index (χ1n) is 23.1. The van der Waals surface area contributed by atoms with Gasteiger partial charge in [0.2, 0.25) is 5.91 Å². The zero-order valence-corrected chi connectivity index (χ0v) is 37.6. The Morgan fingerprint density at radius 2 is 1.31 bits per heavy atom. The minimum atomic E-state index is -1.89. The zero-order valence-electron chi connectivity index (χ0n) is 37.6. The van der Waals surface area contributed by atoms with Gasteiger partial charge in [-0.3, -0.25) is 9.59 Å². The Morgan fingerprint density at radius 1 is 0.734 bits per heavy atom. The molecule has 7 rings (SSSR count). The molecule has 0 unspecified atom stereocenters. The molecule has 0 aromatic rings. The number of ether oxygens (including phenoxy) is 6. The molecule has 22 atom stereocenters. The molecule has 4 aliphatic carbocycles. The molecule has 366 valence electrons. The van der Waals surface area contributed by atoms with Crippen LogP contribution in [0.1, 0.15) is 92.4 Å². The van der Waals surface area contributed by atoms with E-state index in [1.165, 1.54) is 0 Å². The van der Waals surface area contributed by atoms with Gasteiger partial charge in [0.1, 0.15) is 61.5 Å². The van der Waals surface area contributed by atoms with Gasteiger partial charge in [0.25, 0.3) is 0 Å². The maximum absolute atomic E-state index is 14.3. The summed E-state index contributed by atoms with van der Waals surface area (Å²) in [6.45, 7) is 11.4. The van der Waals surface area contributed by atoms with E-state index in [1.54, 1.807) is 6.92 Å². The van der Waals surface area contributed by atoms with E-state index in [2.05, 4.69) is 18.8 Å². The van der Waals surface area contributed by atoms with Crippen molar-refractivity contribution >= 4 is 11.7 Å². The number of nitrogens with one attached hydrogen (secondary N) is 1. The van der Waals surface area contributed by atoms with Crippen LogP contribution in [0.4, 0.5) is 0 Å². The van der Waals surface area contributed by atoms with Crippen molar-refractivity contribution in [3.05, 3.63) is 12.2 Å². The summed E-state index contributed by atoms with van der Waals surface area (Å²) >= 11 is 0. The van der Waals surface area contributed by atoms with Crippen molar-refractivity contribution in [2.75, 3.05) is 26.4 Å². The maximum Gasteiger partial charge on any atom is 0.226 e. The third-order valence-corrected chi connectivity index (χ3v) is 16.9. The lowest BCUT2D eigenvalue weighted by Crippen LogP contribution is -2.67. The first-order valence-corrected chi connectivity index (χ1v) is 23.1. The van der Waals surface area contributed by atoms with Crippen LogP contribution in [0.5, 0.6) is 0 Å². The van der Waals surface area contributed by atoms with Gasteiger partial charge in [0.15, 0.2) is 24.7 Å². The highest BCUT2D eigenvalue weighted by molar-refractivity contribution is 5.92. The van der Waals surface area contributed by atoms with Crippen LogP contribution in [-0.2, 0) is 38.0 Å². The largest absolute Gasteiger partial charge is 0.394 e. The maximum atomic E-state index is 14.3. The fraction of sp³-hybridized carbons (Fsp3) is 0.911. The van der Waals surface area contributed by atoms with Crippen LogP contribution < -0.4 is 5.32 Å². The van der Waals surface area contributed by atoms with E-state index in [-0.39, 0.29) is 34.5 Å². The quantitative estimate of drug-likeness (QED) is 0.0700. The second-order valence-electron chi connectivity index (χ2n) is 20.9. The van der Waals surface area contributed by atoms with Crippen molar-refractivity contribution in [1.29, 1.82) is 0 Å². The van der Waals surface area contributed by atoms with Gasteiger partial charge in [-0.1, -0.05) is 47.6 Å². The number of fused-ring (bicyclic) bond motifs is 3. The normalized spacial score (nSPS) is 49.8. The van der Waals surface area contributed by atoms with Crippen LogP contribution in [-0.4, -0.2) is 187 Å². The van der Waals surface area contributed by atoms with Gasteiger partial charge in [-0.25, -0.2) is 0 Å². The summed E-state index contributed by atoms with van der Waals surface area (Å²) in [7, 11) is 0. The minimum absolute atomic E-state index is 0.00399. The van der Waals surface area contributed by atoms with Gasteiger partial charge in [-0.05, 0) is 85.5 Å². The second kappa shape index (κ2) is 19.0. The Kier molecular flexibility index (Phi) is 14.9. The van der Waals surface area contributed by atoms with Crippen molar-refractivity contribution in [2.45, 2.75) is 190 Å². The summed E-state index contributed by atoms with van der Waals surface area (Å²) in [6, 6.07) is -0.803. The lowest BCUT2D eigenvalue weighted by Gasteiger charge is -2.64. The number of hydrogen-bond donors (Lipinski definition) is 11. The summed E-state index contributed by atoms with van der Waals surface area (Å²) in [5.74, 6) is -1.38. The van der Waals surface area contributed by atoms with E-state index in [1.807, 2.05) is 20.8 Å². The Bertz CT molecular complexity index is 1680. The van der Waals surface area contributed by atoms with Crippen molar-refractivity contribution in [1.82, 2.24) is 5.32 Å². The number of amides is 1. The summed E-state index contributed by atoms with van der Waals surface area (Å²) in [5, 5.41) is 109. The summed E-state index contributed by atoms with van der Waals surface area (Å²) in [6.07, 6.45) is -16.1. The van der Waals surface area contributed by atoms with E-state index < -0.39 is 141 Å². The molecular weight excluding hydrogens is 842 g/mol. The number of aliphatic hydroxyl groups excluding tert-OH is 10. The molecule has 1 spiro atoms.